The first-order valence-electron chi connectivity index (χ1n) is 8.16. The van der Waals surface area contributed by atoms with Crippen molar-refractivity contribution in [3.05, 3.63) is 48.0 Å². The normalized spacial score (nSPS) is 23.2. The van der Waals surface area contributed by atoms with E-state index in [1.807, 2.05) is 35.2 Å². The van der Waals surface area contributed by atoms with Crippen molar-refractivity contribution in [2.75, 3.05) is 32.7 Å². The third kappa shape index (κ3) is 3.73. The van der Waals surface area contributed by atoms with Gasteiger partial charge in [0.15, 0.2) is 0 Å². The van der Waals surface area contributed by atoms with Crippen molar-refractivity contribution in [1.82, 2.24) is 4.90 Å². The lowest BCUT2D eigenvalue weighted by atomic mass is 9.94. The van der Waals surface area contributed by atoms with E-state index < -0.39 is 0 Å². The summed E-state index contributed by atoms with van der Waals surface area (Å²) in [6.07, 6.45) is 8.48. The molecule has 1 amide bonds. The summed E-state index contributed by atoms with van der Waals surface area (Å²) in [5, 5.41) is 0. The maximum Gasteiger partial charge on any atom is 0.254 e. The number of quaternary nitrogens is 1. The fourth-order valence-corrected chi connectivity index (χ4v) is 3.44. The second-order valence-corrected chi connectivity index (χ2v) is 6.26. The number of allylic oxidation sites excluding steroid dienone is 2. The van der Waals surface area contributed by atoms with E-state index >= 15 is 0 Å². The van der Waals surface area contributed by atoms with Crippen LogP contribution in [0.2, 0.25) is 0 Å². The summed E-state index contributed by atoms with van der Waals surface area (Å²) in [6.45, 7) is 5.26. The number of hydrogen-bond donors (Lipinski definition) is 1. The number of amides is 1. The molecule has 1 saturated heterocycles. The highest BCUT2D eigenvalue weighted by Crippen LogP contribution is 2.16. The predicted molar refractivity (Wildman–Crippen MR) is 84.4 cm³/mol. The van der Waals surface area contributed by atoms with Crippen LogP contribution in [0.3, 0.4) is 0 Å². The number of hydrogen-bond acceptors (Lipinski definition) is 1. The Balaban J connectivity index is 1.48. The zero-order valence-electron chi connectivity index (χ0n) is 12.6. The minimum atomic E-state index is 0.190. The standard InChI is InChI=1S/C18H24N2O/c21-18(17-9-5-2-6-10-17)20-13-11-19(12-14-20)15-16-7-3-1-4-8-16/h1-3,5-6,9-10,16H,4,7-8,11-15H2/p+1/t16-/m0/s1. The van der Waals surface area contributed by atoms with E-state index in [9.17, 15) is 4.79 Å². The second-order valence-electron chi connectivity index (χ2n) is 6.26. The van der Waals surface area contributed by atoms with E-state index in [-0.39, 0.29) is 5.91 Å². The lowest BCUT2D eigenvalue weighted by Crippen LogP contribution is -3.15. The Morgan fingerprint density at radius 1 is 1.14 bits per heavy atom. The third-order valence-electron chi connectivity index (χ3n) is 4.73. The van der Waals surface area contributed by atoms with Gasteiger partial charge in [-0.25, -0.2) is 0 Å². The topological polar surface area (TPSA) is 24.8 Å². The molecule has 0 radical (unpaired) electrons. The van der Waals surface area contributed by atoms with Gasteiger partial charge < -0.3 is 9.80 Å². The number of nitrogens with one attached hydrogen (secondary N) is 1. The van der Waals surface area contributed by atoms with Crippen LogP contribution >= 0.6 is 0 Å². The number of nitrogens with zero attached hydrogens (tertiary/aromatic N) is 1. The largest absolute Gasteiger partial charge is 0.332 e. The SMILES string of the molecule is O=C(c1ccccc1)N1CC[NH+](C[C@H]2CC=CCC2)CC1. The quantitative estimate of drug-likeness (QED) is 0.834. The molecule has 21 heavy (non-hydrogen) atoms. The van der Waals surface area contributed by atoms with Gasteiger partial charge in [-0.15, -0.1) is 0 Å². The average Bonchev–Trinajstić information content (AvgIpc) is 2.57. The minimum Gasteiger partial charge on any atom is -0.332 e. The van der Waals surface area contributed by atoms with E-state index in [0.29, 0.717) is 0 Å². The van der Waals surface area contributed by atoms with E-state index in [0.717, 1.165) is 37.7 Å². The van der Waals surface area contributed by atoms with Crippen LogP contribution in [-0.2, 0) is 0 Å². The summed E-state index contributed by atoms with van der Waals surface area (Å²) in [5.41, 5.74) is 0.818. The first kappa shape index (κ1) is 14.3. The molecule has 1 aromatic rings. The molecule has 112 valence electrons. The summed E-state index contributed by atoms with van der Waals surface area (Å²) in [5.74, 6) is 1.04. The maximum absolute atomic E-state index is 12.4. The van der Waals surface area contributed by atoms with Crippen LogP contribution in [0, 0.1) is 5.92 Å². The first-order chi connectivity index (χ1) is 10.3. The van der Waals surface area contributed by atoms with E-state index in [4.69, 9.17) is 0 Å². The van der Waals surface area contributed by atoms with Crippen molar-refractivity contribution >= 4 is 5.91 Å². The Morgan fingerprint density at radius 3 is 2.57 bits per heavy atom. The van der Waals surface area contributed by atoms with Crippen LogP contribution < -0.4 is 4.90 Å². The highest BCUT2D eigenvalue weighted by atomic mass is 16.2. The van der Waals surface area contributed by atoms with E-state index in [1.165, 1.54) is 25.8 Å². The lowest BCUT2D eigenvalue weighted by Gasteiger charge is -2.34. The Hall–Kier alpha value is -1.61. The molecule has 0 unspecified atom stereocenters. The molecule has 1 fully saturated rings. The molecule has 3 rings (SSSR count). The number of carbonyl (C=O) groups is 1. The van der Waals surface area contributed by atoms with E-state index in [2.05, 4.69) is 12.2 Å². The average molecular weight is 285 g/mol. The number of rotatable bonds is 3. The van der Waals surface area contributed by atoms with Crippen LogP contribution in [0.5, 0.6) is 0 Å². The zero-order valence-corrected chi connectivity index (χ0v) is 12.6. The fourth-order valence-electron chi connectivity index (χ4n) is 3.44. The van der Waals surface area contributed by atoms with Crippen LogP contribution in [0.1, 0.15) is 29.6 Å². The van der Waals surface area contributed by atoms with Crippen molar-refractivity contribution in [1.29, 1.82) is 0 Å². The van der Waals surface area contributed by atoms with Crippen molar-refractivity contribution in [2.24, 2.45) is 5.92 Å². The smallest absolute Gasteiger partial charge is 0.254 e. The molecule has 2 aliphatic rings. The monoisotopic (exact) mass is 285 g/mol. The summed E-state index contributed by atoms with van der Waals surface area (Å²) in [4.78, 5) is 16.1. The molecular weight excluding hydrogens is 260 g/mol. The van der Waals surface area contributed by atoms with Crippen molar-refractivity contribution < 1.29 is 9.69 Å². The van der Waals surface area contributed by atoms with Gasteiger partial charge in [0.05, 0.1) is 32.7 Å². The Kier molecular flexibility index (Phi) is 4.71. The van der Waals surface area contributed by atoms with Gasteiger partial charge >= 0.3 is 0 Å². The molecular formula is C18H25N2O+. The molecule has 3 nitrogen and oxygen atoms in total. The summed E-state index contributed by atoms with van der Waals surface area (Å²) < 4.78 is 0. The molecule has 1 atom stereocenters. The van der Waals surface area contributed by atoms with Gasteiger partial charge in [0.1, 0.15) is 0 Å². The maximum atomic E-state index is 12.4. The fraction of sp³-hybridized carbons (Fsp3) is 0.500. The van der Waals surface area contributed by atoms with Crippen LogP contribution in [0.4, 0.5) is 0 Å². The van der Waals surface area contributed by atoms with Crippen molar-refractivity contribution in [3.8, 4) is 0 Å². The summed E-state index contributed by atoms with van der Waals surface area (Å²) in [7, 11) is 0. The minimum absolute atomic E-state index is 0.190. The van der Waals surface area contributed by atoms with E-state index in [1.54, 1.807) is 4.90 Å². The van der Waals surface area contributed by atoms with Crippen molar-refractivity contribution in [3.63, 3.8) is 0 Å². The molecule has 1 aliphatic carbocycles. The molecule has 0 bridgehead atoms. The molecule has 1 aliphatic heterocycles. The van der Waals surface area contributed by atoms with Gasteiger partial charge in [-0.3, -0.25) is 4.79 Å². The Morgan fingerprint density at radius 2 is 1.90 bits per heavy atom. The second kappa shape index (κ2) is 6.90. The number of carbonyl (C=O) groups excluding carboxylic acids is 1. The summed E-state index contributed by atoms with van der Waals surface area (Å²) >= 11 is 0. The van der Waals surface area contributed by atoms with Crippen LogP contribution in [0.15, 0.2) is 42.5 Å². The van der Waals surface area contributed by atoms with Crippen molar-refractivity contribution in [2.45, 2.75) is 19.3 Å². The molecule has 0 saturated carbocycles. The Bertz CT molecular complexity index is 489. The number of piperazine rings is 1. The Labute approximate surface area is 127 Å². The molecule has 0 aromatic heterocycles. The zero-order chi connectivity index (χ0) is 14.5. The lowest BCUT2D eigenvalue weighted by molar-refractivity contribution is -0.907. The van der Waals surface area contributed by atoms with Gasteiger partial charge in [0, 0.05) is 11.5 Å². The molecule has 3 heteroatoms. The van der Waals surface area contributed by atoms with Gasteiger partial charge in [-0.2, -0.15) is 0 Å². The number of benzene rings is 1. The predicted octanol–water partition coefficient (Wildman–Crippen LogP) is 1.38. The van der Waals surface area contributed by atoms with Crippen LogP contribution in [-0.4, -0.2) is 43.5 Å². The molecule has 1 aromatic carbocycles. The van der Waals surface area contributed by atoms with Gasteiger partial charge in [-0.05, 0) is 31.4 Å². The molecule has 1 heterocycles. The van der Waals surface area contributed by atoms with Crippen LogP contribution in [0.25, 0.3) is 0 Å². The summed E-state index contributed by atoms with van der Waals surface area (Å²) in [6, 6.07) is 9.65. The molecule has 0 spiro atoms. The molecule has 1 N–H and O–H groups in total. The van der Waals surface area contributed by atoms with Gasteiger partial charge in [0.2, 0.25) is 0 Å². The first-order valence-corrected chi connectivity index (χ1v) is 8.16. The highest BCUT2D eigenvalue weighted by Gasteiger charge is 2.26. The highest BCUT2D eigenvalue weighted by molar-refractivity contribution is 5.94. The third-order valence-corrected chi connectivity index (χ3v) is 4.73. The van der Waals surface area contributed by atoms with Gasteiger partial charge in [-0.1, -0.05) is 30.4 Å². The van der Waals surface area contributed by atoms with Gasteiger partial charge in [0.25, 0.3) is 5.91 Å².